The van der Waals surface area contributed by atoms with Crippen LogP contribution in [-0.4, -0.2) is 11.1 Å². The molecule has 1 heterocycles. The molecule has 1 aromatic heterocycles. The molecule has 3 aromatic carbocycles. The molecule has 0 aliphatic carbocycles. The van der Waals surface area contributed by atoms with Gasteiger partial charge >= 0.3 is 5.97 Å². The number of carboxylic acid groups (broad SMARTS) is 1. The summed E-state index contributed by atoms with van der Waals surface area (Å²) in [6.45, 7) is 11.5. The number of hydrogen-bond acceptors (Lipinski definition) is 5. The second-order valence-corrected chi connectivity index (χ2v) is 9.24. The Bertz CT molecular complexity index is 1540. The van der Waals surface area contributed by atoms with Gasteiger partial charge in [-0.15, -0.1) is 0 Å². The van der Waals surface area contributed by atoms with Crippen LogP contribution in [0, 0.1) is 18.3 Å². The molecule has 0 aliphatic heterocycles. The van der Waals surface area contributed by atoms with Crippen molar-refractivity contribution in [2.24, 2.45) is 0 Å². The third kappa shape index (κ3) is 5.73. The van der Waals surface area contributed by atoms with Crippen molar-refractivity contribution in [1.29, 1.82) is 5.26 Å². The summed E-state index contributed by atoms with van der Waals surface area (Å²) in [4.78, 5) is 24.8. The van der Waals surface area contributed by atoms with Gasteiger partial charge in [0.15, 0.2) is 5.43 Å². The van der Waals surface area contributed by atoms with Gasteiger partial charge in [-0.3, -0.25) is 4.79 Å². The van der Waals surface area contributed by atoms with Crippen LogP contribution in [0.5, 0.6) is 0 Å². The Morgan fingerprint density at radius 3 is 2.43 bits per heavy atom. The van der Waals surface area contributed by atoms with Crippen LogP contribution in [0.4, 0.5) is 5.69 Å². The van der Waals surface area contributed by atoms with Crippen LogP contribution in [0.25, 0.3) is 22.3 Å². The second-order valence-electron chi connectivity index (χ2n) is 9.24. The minimum Gasteiger partial charge on any atom is -0.478 e. The van der Waals surface area contributed by atoms with Gasteiger partial charge < -0.3 is 14.8 Å². The van der Waals surface area contributed by atoms with Crippen LogP contribution < -0.4 is 10.7 Å². The van der Waals surface area contributed by atoms with Gasteiger partial charge in [0.2, 0.25) is 0 Å². The number of nitrogens with zero attached hydrogens (tertiary/aromatic N) is 1. The summed E-state index contributed by atoms with van der Waals surface area (Å²) in [6.07, 6.45) is 0. The highest BCUT2D eigenvalue weighted by molar-refractivity contribution is 5.94. The van der Waals surface area contributed by atoms with E-state index in [4.69, 9.17) is 4.42 Å². The number of carboxylic acids is 1. The van der Waals surface area contributed by atoms with Crippen molar-refractivity contribution in [3.8, 4) is 17.4 Å². The summed E-state index contributed by atoms with van der Waals surface area (Å²) in [5.41, 5.74) is 3.38. The van der Waals surface area contributed by atoms with Crippen LogP contribution in [0.15, 0.2) is 75.9 Å². The maximum Gasteiger partial charge on any atom is 0.337 e. The number of hydrogen-bond donors (Lipinski definition) is 2. The molecule has 0 bridgehead atoms. The smallest absolute Gasteiger partial charge is 0.337 e. The largest absolute Gasteiger partial charge is 0.478 e. The molecule has 190 valence electrons. The number of nitriles is 1. The molecule has 0 saturated heterocycles. The zero-order valence-corrected chi connectivity index (χ0v) is 22.0. The van der Waals surface area contributed by atoms with Crippen molar-refractivity contribution in [2.75, 3.05) is 5.32 Å². The van der Waals surface area contributed by atoms with E-state index in [2.05, 4.69) is 11.4 Å². The zero-order chi connectivity index (χ0) is 27.3. The molecule has 2 N–H and O–H groups in total. The van der Waals surface area contributed by atoms with Gasteiger partial charge in [-0.05, 0) is 63.1 Å². The summed E-state index contributed by atoms with van der Waals surface area (Å²) in [6, 6.07) is 21.3. The third-order valence-electron chi connectivity index (χ3n) is 6.15. The number of benzene rings is 3. The van der Waals surface area contributed by atoms with Crippen LogP contribution in [-0.2, 0) is 5.41 Å². The molecule has 1 atom stereocenters. The fourth-order valence-corrected chi connectivity index (χ4v) is 4.13. The Kier molecular flexibility index (Phi) is 8.19. The molecular weight excluding hydrogens is 464 g/mol. The third-order valence-corrected chi connectivity index (χ3v) is 6.15. The number of rotatable bonds is 6. The number of fused-ring (bicyclic) bond motifs is 1. The monoisotopic (exact) mass is 496 g/mol. The Hall–Kier alpha value is -4.37. The Morgan fingerprint density at radius 1 is 1.05 bits per heavy atom. The summed E-state index contributed by atoms with van der Waals surface area (Å²) in [5.74, 6) is -0.621. The molecular formula is C31H32N2O4. The molecule has 1 unspecified atom stereocenters. The molecule has 0 radical (unpaired) electrons. The number of anilines is 1. The highest BCUT2D eigenvalue weighted by Gasteiger charge is 2.22. The van der Waals surface area contributed by atoms with E-state index in [1.165, 1.54) is 6.07 Å². The molecule has 4 rings (SSSR count). The highest BCUT2D eigenvalue weighted by atomic mass is 16.4. The molecule has 6 heteroatoms. The number of carbonyl (C=O) groups is 1. The fourth-order valence-electron chi connectivity index (χ4n) is 4.13. The number of aromatic carboxylic acids is 1. The first-order valence-corrected chi connectivity index (χ1v) is 12.3. The molecule has 6 nitrogen and oxygen atoms in total. The van der Waals surface area contributed by atoms with Crippen molar-refractivity contribution < 1.29 is 14.3 Å². The first-order valence-electron chi connectivity index (χ1n) is 12.3. The lowest BCUT2D eigenvalue weighted by atomic mass is 9.85. The summed E-state index contributed by atoms with van der Waals surface area (Å²) in [5, 5.41) is 22.8. The molecule has 4 aromatic rings. The average molecular weight is 497 g/mol. The van der Waals surface area contributed by atoms with Gasteiger partial charge in [-0.25, -0.2) is 4.79 Å². The van der Waals surface area contributed by atoms with Crippen LogP contribution in [0.2, 0.25) is 0 Å². The Morgan fingerprint density at radius 2 is 1.76 bits per heavy atom. The van der Waals surface area contributed by atoms with Crippen molar-refractivity contribution in [3.05, 3.63) is 99.2 Å². The fraction of sp³-hybridized carbons (Fsp3) is 0.258. The number of nitrogens with one attached hydrogen (secondary N) is 1. The predicted octanol–water partition coefficient (Wildman–Crippen LogP) is 7.47. The molecule has 0 fully saturated rings. The van der Waals surface area contributed by atoms with Crippen LogP contribution in [0.1, 0.15) is 67.7 Å². The van der Waals surface area contributed by atoms with Crippen molar-refractivity contribution in [1.82, 2.24) is 0 Å². The van der Waals surface area contributed by atoms with Gasteiger partial charge in [0.1, 0.15) is 11.3 Å². The zero-order valence-electron chi connectivity index (χ0n) is 22.0. The Labute approximate surface area is 217 Å². The van der Waals surface area contributed by atoms with E-state index in [1.807, 2.05) is 71.9 Å². The van der Waals surface area contributed by atoms with E-state index in [-0.39, 0.29) is 17.0 Å². The first-order chi connectivity index (χ1) is 17.6. The number of aryl methyl sites for hydroxylation is 1. The van der Waals surface area contributed by atoms with Gasteiger partial charge in [0.05, 0.1) is 28.5 Å². The van der Waals surface area contributed by atoms with E-state index >= 15 is 0 Å². The SMILES string of the molecule is CC.Cc1cc(C(C)Nc2ccccc2C(=O)O)c2oc(-c3cccc(C(C)(C)C#N)c3)cc(=O)c2c1. The average Bonchev–Trinajstić information content (AvgIpc) is 2.90. The van der Waals surface area contributed by atoms with E-state index < -0.39 is 11.4 Å². The summed E-state index contributed by atoms with van der Waals surface area (Å²) in [7, 11) is 0. The Balaban J connectivity index is 0.00000186. The van der Waals surface area contributed by atoms with Gasteiger partial charge in [-0.2, -0.15) is 5.26 Å². The molecule has 0 aliphatic rings. The predicted molar refractivity (Wildman–Crippen MR) is 148 cm³/mol. The van der Waals surface area contributed by atoms with Crippen molar-refractivity contribution in [2.45, 2.75) is 53.0 Å². The van der Waals surface area contributed by atoms with Crippen LogP contribution in [0.3, 0.4) is 0 Å². The lowest BCUT2D eigenvalue weighted by Crippen LogP contribution is -2.14. The standard InChI is InChI=1S/C29H26N2O4.C2H6/c1-17-12-22(18(2)31-24-11-6-5-10-21(24)28(33)34)27-23(13-17)25(32)15-26(35-27)19-8-7-9-20(14-19)29(3,4)16-30;1-2/h5-15,18,31H,1-4H3,(H,33,34);1-2H3. The minimum absolute atomic E-state index is 0.162. The van der Waals surface area contributed by atoms with Crippen molar-refractivity contribution >= 4 is 22.6 Å². The van der Waals surface area contributed by atoms with Crippen molar-refractivity contribution in [3.63, 3.8) is 0 Å². The lowest BCUT2D eigenvalue weighted by molar-refractivity contribution is 0.0698. The lowest BCUT2D eigenvalue weighted by Gasteiger charge is -2.20. The van der Waals surface area contributed by atoms with E-state index in [0.29, 0.717) is 28.0 Å². The topological polar surface area (TPSA) is 103 Å². The quantitative estimate of drug-likeness (QED) is 0.287. The second kappa shape index (κ2) is 11.1. The molecule has 0 spiro atoms. The maximum absolute atomic E-state index is 13.1. The number of para-hydroxylation sites is 1. The normalized spacial score (nSPS) is 11.7. The maximum atomic E-state index is 13.1. The van der Waals surface area contributed by atoms with Crippen LogP contribution >= 0.6 is 0 Å². The molecule has 37 heavy (non-hydrogen) atoms. The first kappa shape index (κ1) is 27.2. The summed E-state index contributed by atoms with van der Waals surface area (Å²) >= 11 is 0. The highest BCUT2D eigenvalue weighted by Crippen LogP contribution is 2.32. The van der Waals surface area contributed by atoms with E-state index in [9.17, 15) is 20.0 Å². The van der Waals surface area contributed by atoms with Gasteiger partial charge in [0, 0.05) is 22.9 Å². The minimum atomic E-state index is -1.02. The van der Waals surface area contributed by atoms with E-state index in [0.717, 1.165) is 16.7 Å². The van der Waals surface area contributed by atoms with E-state index in [1.54, 1.807) is 30.3 Å². The summed E-state index contributed by atoms with van der Waals surface area (Å²) < 4.78 is 6.31. The molecule has 0 saturated carbocycles. The van der Waals surface area contributed by atoms with Gasteiger partial charge in [0.25, 0.3) is 0 Å². The molecule has 0 amide bonds. The van der Waals surface area contributed by atoms with Gasteiger partial charge in [-0.1, -0.05) is 50.2 Å².